The Bertz CT molecular complexity index is 596. The lowest BCUT2D eigenvalue weighted by molar-refractivity contribution is 0.382. The Hall–Kier alpha value is -1.14. The van der Waals surface area contributed by atoms with Crippen molar-refractivity contribution in [1.82, 2.24) is 4.31 Å². The van der Waals surface area contributed by atoms with E-state index in [1.54, 1.807) is 0 Å². The predicted molar refractivity (Wildman–Crippen MR) is 75.0 cm³/mol. The molecule has 2 saturated carbocycles. The maximum Gasteiger partial charge on any atom is 0.245 e. The SMILES string of the molecule is Nc1ccc(F)cc1S(=O)(=O)N(CC1CC1)CC1CC1. The number of nitrogens with zero attached hydrogens (tertiary/aromatic N) is 1. The molecule has 0 radical (unpaired) electrons. The lowest BCUT2D eigenvalue weighted by atomic mass is 10.3. The number of benzene rings is 1. The first-order valence-electron chi connectivity index (χ1n) is 7.02. The van der Waals surface area contributed by atoms with Gasteiger partial charge in [-0.3, -0.25) is 0 Å². The molecule has 2 aliphatic rings. The molecule has 2 N–H and O–H groups in total. The lowest BCUT2D eigenvalue weighted by Gasteiger charge is -2.22. The Morgan fingerprint density at radius 3 is 2.20 bits per heavy atom. The molecule has 0 heterocycles. The van der Waals surface area contributed by atoms with Gasteiger partial charge in [0.05, 0.1) is 5.69 Å². The Morgan fingerprint density at radius 2 is 1.70 bits per heavy atom. The van der Waals surface area contributed by atoms with E-state index < -0.39 is 15.8 Å². The van der Waals surface area contributed by atoms with Crippen LogP contribution in [0.4, 0.5) is 10.1 Å². The normalized spacial score (nSPS) is 19.5. The second kappa shape index (κ2) is 5.00. The fourth-order valence-corrected chi connectivity index (χ4v) is 4.04. The van der Waals surface area contributed by atoms with E-state index in [1.807, 2.05) is 0 Å². The molecule has 0 aromatic heterocycles. The summed E-state index contributed by atoms with van der Waals surface area (Å²) in [6.45, 7) is 1.07. The van der Waals surface area contributed by atoms with Gasteiger partial charge in [0.25, 0.3) is 0 Å². The Balaban J connectivity index is 1.91. The second-order valence-corrected chi connectivity index (χ2v) is 7.80. The fraction of sp³-hybridized carbons (Fsp3) is 0.571. The molecule has 0 unspecified atom stereocenters. The van der Waals surface area contributed by atoms with Crippen LogP contribution in [-0.4, -0.2) is 25.8 Å². The quantitative estimate of drug-likeness (QED) is 0.819. The summed E-state index contributed by atoms with van der Waals surface area (Å²) in [5.74, 6) is 0.340. The summed E-state index contributed by atoms with van der Waals surface area (Å²) < 4.78 is 40.3. The largest absolute Gasteiger partial charge is 0.398 e. The number of hydrogen-bond acceptors (Lipinski definition) is 3. The van der Waals surface area contributed by atoms with Crippen LogP contribution in [0.2, 0.25) is 0 Å². The van der Waals surface area contributed by atoms with E-state index in [-0.39, 0.29) is 10.6 Å². The molecule has 110 valence electrons. The summed E-state index contributed by atoms with van der Waals surface area (Å²) in [6, 6.07) is 3.52. The van der Waals surface area contributed by atoms with Crippen molar-refractivity contribution in [3.63, 3.8) is 0 Å². The van der Waals surface area contributed by atoms with Crippen molar-refractivity contribution >= 4 is 15.7 Å². The molecule has 4 nitrogen and oxygen atoms in total. The fourth-order valence-electron chi connectivity index (χ4n) is 2.32. The first-order chi connectivity index (χ1) is 9.46. The number of anilines is 1. The van der Waals surface area contributed by atoms with Gasteiger partial charge in [-0.1, -0.05) is 0 Å². The van der Waals surface area contributed by atoms with Crippen molar-refractivity contribution in [3.05, 3.63) is 24.0 Å². The van der Waals surface area contributed by atoms with Crippen molar-refractivity contribution in [2.24, 2.45) is 11.8 Å². The first kappa shape index (κ1) is 13.8. The predicted octanol–water partition coefficient (Wildman–Crippen LogP) is 2.22. The number of halogens is 1. The molecular weight excluding hydrogens is 279 g/mol. The Kier molecular flexibility index (Phi) is 3.46. The van der Waals surface area contributed by atoms with E-state index in [4.69, 9.17) is 5.73 Å². The Labute approximate surface area is 118 Å². The van der Waals surface area contributed by atoms with Crippen LogP contribution in [0.5, 0.6) is 0 Å². The van der Waals surface area contributed by atoms with E-state index in [0.717, 1.165) is 31.7 Å². The minimum Gasteiger partial charge on any atom is -0.398 e. The average molecular weight is 298 g/mol. The van der Waals surface area contributed by atoms with E-state index in [9.17, 15) is 12.8 Å². The van der Waals surface area contributed by atoms with Gasteiger partial charge in [0, 0.05) is 13.1 Å². The Morgan fingerprint density at radius 1 is 1.15 bits per heavy atom. The summed E-state index contributed by atoms with van der Waals surface area (Å²) in [4.78, 5) is -0.0983. The third kappa shape index (κ3) is 2.96. The van der Waals surface area contributed by atoms with Crippen molar-refractivity contribution in [2.75, 3.05) is 18.8 Å². The third-order valence-electron chi connectivity index (χ3n) is 3.91. The molecule has 0 spiro atoms. The summed E-state index contributed by atoms with van der Waals surface area (Å²) in [5, 5.41) is 0. The number of nitrogens with two attached hydrogens (primary N) is 1. The summed E-state index contributed by atoms with van der Waals surface area (Å²) in [7, 11) is -3.70. The number of hydrogen-bond donors (Lipinski definition) is 1. The molecular formula is C14H19FN2O2S. The number of rotatable bonds is 6. The molecule has 1 aromatic rings. The van der Waals surface area contributed by atoms with Gasteiger partial charge in [-0.05, 0) is 55.7 Å². The second-order valence-electron chi connectivity index (χ2n) is 5.89. The van der Waals surface area contributed by atoms with Crippen LogP contribution >= 0.6 is 0 Å². The molecule has 6 heteroatoms. The number of sulfonamides is 1. The highest BCUT2D eigenvalue weighted by molar-refractivity contribution is 7.89. The zero-order valence-corrected chi connectivity index (χ0v) is 12.1. The summed E-state index contributed by atoms with van der Waals surface area (Å²) in [6.07, 6.45) is 4.31. The summed E-state index contributed by atoms with van der Waals surface area (Å²) >= 11 is 0. The molecule has 0 saturated heterocycles. The highest BCUT2D eigenvalue weighted by atomic mass is 32.2. The van der Waals surface area contributed by atoms with Gasteiger partial charge in [-0.25, -0.2) is 12.8 Å². The van der Waals surface area contributed by atoms with Crippen LogP contribution < -0.4 is 5.73 Å². The third-order valence-corrected chi connectivity index (χ3v) is 5.80. The highest BCUT2D eigenvalue weighted by Crippen LogP contribution is 2.36. The zero-order chi connectivity index (χ0) is 14.3. The number of nitrogen functional groups attached to an aromatic ring is 1. The van der Waals surface area contributed by atoms with Crippen molar-refractivity contribution < 1.29 is 12.8 Å². The summed E-state index contributed by atoms with van der Waals surface area (Å²) in [5.41, 5.74) is 5.85. The monoisotopic (exact) mass is 298 g/mol. The molecule has 0 atom stereocenters. The molecule has 1 aromatic carbocycles. The van der Waals surface area contributed by atoms with Crippen LogP contribution in [0.15, 0.2) is 23.1 Å². The van der Waals surface area contributed by atoms with Gasteiger partial charge in [0.2, 0.25) is 10.0 Å². The van der Waals surface area contributed by atoms with E-state index in [0.29, 0.717) is 24.9 Å². The van der Waals surface area contributed by atoms with Gasteiger partial charge in [0.15, 0.2) is 0 Å². The maximum absolute atomic E-state index is 13.4. The highest BCUT2D eigenvalue weighted by Gasteiger charge is 2.36. The van der Waals surface area contributed by atoms with E-state index in [2.05, 4.69) is 0 Å². The minimum atomic E-state index is -3.70. The van der Waals surface area contributed by atoms with Gasteiger partial charge in [0.1, 0.15) is 10.7 Å². The molecule has 2 fully saturated rings. The van der Waals surface area contributed by atoms with Gasteiger partial charge >= 0.3 is 0 Å². The molecule has 0 aliphatic heterocycles. The molecule has 0 amide bonds. The topological polar surface area (TPSA) is 63.4 Å². The van der Waals surface area contributed by atoms with Crippen molar-refractivity contribution in [2.45, 2.75) is 30.6 Å². The van der Waals surface area contributed by atoms with Crippen molar-refractivity contribution in [3.8, 4) is 0 Å². The lowest BCUT2D eigenvalue weighted by Crippen LogP contribution is -2.35. The minimum absolute atomic E-state index is 0.0983. The van der Waals surface area contributed by atoms with Crippen LogP contribution in [0.3, 0.4) is 0 Å². The van der Waals surface area contributed by atoms with Crippen LogP contribution in [-0.2, 0) is 10.0 Å². The van der Waals surface area contributed by atoms with Gasteiger partial charge < -0.3 is 5.73 Å². The van der Waals surface area contributed by atoms with Crippen LogP contribution in [0, 0.1) is 17.7 Å². The van der Waals surface area contributed by atoms with Crippen LogP contribution in [0.25, 0.3) is 0 Å². The maximum atomic E-state index is 13.4. The van der Waals surface area contributed by atoms with Crippen molar-refractivity contribution in [1.29, 1.82) is 0 Å². The van der Waals surface area contributed by atoms with Crippen LogP contribution in [0.1, 0.15) is 25.7 Å². The molecule has 0 bridgehead atoms. The van der Waals surface area contributed by atoms with Gasteiger partial charge in [-0.15, -0.1) is 0 Å². The molecule has 20 heavy (non-hydrogen) atoms. The molecule has 3 rings (SSSR count). The standard InChI is InChI=1S/C14H19FN2O2S/c15-12-5-6-13(16)14(7-12)20(18,19)17(8-10-1-2-10)9-11-3-4-11/h5-7,10-11H,1-4,8-9,16H2. The zero-order valence-electron chi connectivity index (χ0n) is 11.3. The average Bonchev–Trinajstić information content (AvgIpc) is 3.25. The van der Waals surface area contributed by atoms with E-state index >= 15 is 0 Å². The van der Waals surface area contributed by atoms with E-state index in [1.165, 1.54) is 16.4 Å². The van der Waals surface area contributed by atoms with Gasteiger partial charge in [-0.2, -0.15) is 4.31 Å². The first-order valence-corrected chi connectivity index (χ1v) is 8.46. The smallest absolute Gasteiger partial charge is 0.245 e. The molecule has 2 aliphatic carbocycles.